The molecule has 3 aromatic carbocycles. The van der Waals surface area contributed by atoms with Crippen molar-refractivity contribution in [2.45, 2.75) is 11.3 Å². The molecule has 0 fully saturated rings. The Bertz CT molecular complexity index is 1260. The third-order valence-electron chi connectivity index (χ3n) is 4.81. The van der Waals surface area contributed by atoms with Crippen LogP contribution in [0.1, 0.15) is 27.1 Å². The first-order chi connectivity index (χ1) is 16.3. The van der Waals surface area contributed by atoms with Gasteiger partial charge in [-0.25, -0.2) is 8.42 Å². The number of hydrogen-bond donors (Lipinski definition) is 4. The molecule has 0 radical (unpaired) electrons. The number of aromatic hydroxyl groups is 1. The smallest absolute Gasteiger partial charge is 0.262 e. The Morgan fingerprint density at radius 1 is 0.853 bits per heavy atom. The number of phenolic OH excluding ortho intramolecular Hbond substituents is 1. The van der Waals surface area contributed by atoms with Crippen LogP contribution in [0.4, 0.5) is 5.69 Å². The number of para-hydroxylation sites is 2. The van der Waals surface area contributed by atoms with E-state index >= 15 is 0 Å². The van der Waals surface area contributed by atoms with E-state index in [1.54, 1.807) is 36.4 Å². The van der Waals surface area contributed by atoms with Gasteiger partial charge in [0.05, 0.1) is 17.7 Å². The van der Waals surface area contributed by atoms with Gasteiger partial charge in [0.2, 0.25) is 0 Å². The topological polar surface area (TPSA) is 134 Å². The lowest BCUT2D eigenvalue weighted by Crippen LogP contribution is -2.29. The second kappa shape index (κ2) is 11.2. The highest BCUT2D eigenvalue weighted by molar-refractivity contribution is 7.92. The molecule has 9 nitrogen and oxygen atoms in total. The van der Waals surface area contributed by atoms with Gasteiger partial charge in [-0.05, 0) is 61.0 Å². The van der Waals surface area contributed by atoms with Gasteiger partial charge >= 0.3 is 0 Å². The average molecular weight is 484 g/mol. The summed E-state index contributed by atoms with van der Waals surface area (Å²) < 4.78 is 32.9. The quantitative estimate of drug-likeness (QED) is 0.328. The molecule has 4 N–H and O–H groups in total. The summed E-state index contributed by atoms with van der Waals surface area (Å²) in [6.45, 7) is 0.648. The lowest BCUT2D eigenvalue weighted by atomic mass is 10.2. The van der Waals surface area contributed by atoms with Crippen LogP contribution in [0.2, 0.25) is 0 Å². The fraction of sp³-hybridized carbons (Fsp3) is 0.167. The zero-order chi connectivity index (χ0) is 24.6. The Balaban J connectivity index is 1.48. The summed E-state index contributed by atoms with van der Waals surface area (Å²) in [6.07, 6.45) is 0.492. The number of ether oxygens (including phenoxy) is 1. The van der Waals surface area contributed by atoms with Crippen molar-refractivity contribution < 1.29 is 27.9 Å². The molecule has 10 heteroatoms. The summed E-state index contributed by atoms with van der Waals surface area (Å²) in [5.41, 5.74) is 0.960. The molecule has 0 bridgehead atoms. The van der Waals surface area contributed by atoms with Crippen molar-refractivity contribution in [3.63, 3.8) is 0 Å². The van der Waals surface area contributed by atoms with Crippen LogP contribution in [0.15, 0.2) is 77.7 Å². The number of methoxy groups -OCH3 is 1. The van der Waals surface area contributed by atoms with E-state index in [0.717, 1.165) is 0 Å². The Morgan fingerprint density at radius 3 is 2.15 bits per heavy atom. The largest absolute Gasteiger partial charge is 0.508 e. The summed E-state index contributed by atoms with van der Waals surface area (Å²) >= 11 is 0. The van der Waals surface area contributed by atoms with Crippen LogP contribution in [0.5, 0.6) is 11.5 Å². The van der Waals surface area contributed by atoms with Gasteiger partial charge in [0.1, 0.15) is 11.5 Å². The summed E-state index contributed by atoms with van der Waals surface area (Å²) in [4.78, 5) is 24.3. The zero-order valence-corrected chi connectivity index (χ0v) is 19.3. The number of rotatable bonds is 10. The van der Waals surface area contributed by atoms with Gasteiger partial charge < -0.3 is 20.5 Å². The second-order valence-corrected chi connectivity index (χ2v) is 8.93. The van der Waals surface area contributed by atoms with Crippen LogP contribution in [0.3, 0.4) is 0 Å². The third-order valence-corrected chi connectivity index (χ3v) is 6.19. The SMILES string of the molecule is COc1ccccc1NS(=O)(=O)c1ccc(C(=O)NCCCNC(=O)c2cccc(O)c2)cc1. The van der Waals surface area contributed by atoms with Crippen LogP contribution in [-0.4, -0.2) is 45.5 Å². The van der Waals surface area contributed by atoms with Gasteiger partial charge in [-0.3, -0.25) is 14.3 Å². The minimum absolute atomic E-state index is 0.00428. The molecule has 178 valence electrons. The second-order valence-electron chi connectivity index (χ2n) is 7.25. The molecule has 0 spiro atoms. The van der Waals surface area contributed by atoms with Crippen LogP contribution in [-0.2, 0) is 10.0 Å². The van der Waals surface area contributed by atoms with E-state index in [9.17, 15) is 23.1 Å². The summed E-state index contributed by atoms with van der Waals surface area (Å²) in [5, 5.41) is 14.9. The van der Waals surface area contributed by atoms with E-state index in [-0.39, 0.29) is 22.5 Å². The standard InChI is InChI=1S/C24H25N3O6S/c1-33-22-9-3-2-8-21(22)27-34(31,32)20-12-10-17(11-13-20)23(29)25-14-5-15-26-24(30)18-6-4-7-19(28)16-18/h2-4,6-13,16,27-28H,5,14-15H2,1H3,(H,25,29)(H,26,30). The first kappa shape index (κ1) is 24.6. The van der Waals surface area contributed by atoms with Crippen molar-refractivity contribution >= 4 is 27.5 Å². The number of sulfonamides is 1. The van der Waals surface area contributed by atoms with Gasteiger partial charge in [0.25, 0.3) is 21.8 Å². The highest BCUT2D eigenvalue weighted by atomic mass is 32.2. The fourth-order valence-corrected chi connectivity index (χ4v) is 4.13. The molecule has 0 saturated carbocycles. The maximum atomic E-state index is 12.7. The molecule has 34 heavy (non-hydrogen) atoms. The predicted molar refractivity (Wildman–Crippen MR) is 128 cm³/mol. The molecule has 0 aliphatic rings. The van der Waals surface area contributed by atoms with Crippen molar-refractivity contribution in [2.24, 2.45) is 0 Å². The number of amides is 2. The molecule has 0 atom stereocenters. The van der Waals surface area contributed by atoms with Gasteiger partial charge in [0.15, 0.2) is 0 Å². The monoisotopic (exact) mass is 483 g/mol. The van der Waals surface area contributed by atoms with Gasteiger partial charge in [0, 0.05) is 24.2 Å². The average Bonchev–Trinajstić information content (AvgIpc) is 2.83. The molecular weight excluding hydrogens is 458 g/mol. The molecule has 0 aliphatic heterocycles. The summed E-state index contributed by atoms with van der Waals surface area (Å²) in [6, 6.07) is 18.2. The Kier molecular flexibility index (Phi) is 8.10. The van der Waals surface area contributed by atoms with E-state index in [4.69, 9.17) is 4.74 Å². The van der Waals surface area contributed by atoms with Gasteiger partial charge in [-0.2, -0.15) is 0 Å². The Morgan fingerprint density at radius 2 is 1.50 bits per heavy atom. The molecule has 0 saturated heterocycles. The molecule has 0 unspecified atom stereocenters. The van der Waals surface area contributed by atoms with Crippen molar-refractivity contribution in [1.82, 2.24) is 10.6 Å². The van der Waals surface area contributed by atoms with Crippen molar-refractivity contribution in [1.29, 1.82) is 0 Å². The maximum Gasteiger partial charge on any atom is 0.262 e. The van der Waals surface area contributed by atoms with Crippen molar-refractivity contribution in [3.8, 4) is 11.5 Å². The highest BCUT2D eigenvalue weighted by Gasteiger charge is 2.17. The predicted octanol–water partition coefficient (Wildman–Crippen LogP) is 2.75. The van der Waals surface area contributed by atoms with Crippen LogP contribution in [0.25, 0.3) is 0 Å². The van der Waals surface area contributed by atoms with E-state index in [2.05, 4.69) is 15.4 Å². The minimum Gasteiger partial charge on any atom is -0.508 e. The molecule has 0 aliphatic carbocycles. The maximum absolute atomic E-state index is 12.7. The highest BCUT2D eigenvalue weighted by Crippen LogP contribution is 2.26. The van der Waals surface area contributed by atoms with E-state index < -0.39 is 10.0 Å². The number of phenols is 1. The van der Waals surface area contributed by atoms with Crippen molar-refractivity contribution in [2.75, 3.05) is 24.9 Å². The van der Waals surface area contributed by atoms with E-state index in [0.29, 0.717) is 42.1 Å². The van der Waals surface area contributed by atoms with E-state index in [1.165, 1.54) is 43.5 Å². The molecule has 0 aromatic heterocycles. The number of nitrogens with one attached hydrogen (secondary N) is 3. The number of carbonyl (C=O) groups excluding carboxylic acids is 2. The van der Waals surface area contributed by atoms with Crippen molar-refractivity contribution in [3.05, 3.63) is 83.9 Å². The number of carbonyl (C=O) groups is 2. The van der Waals surface area contributed by atoms with Crippen LogP contribution >= 0.6 is 0 Å². The number of anilines is 1. The Labute approximate surface area is 197 Å². The lowest BCUT2D eigenvalue weighted by molar-refractivity contribution is 0.0951. The molecule has 3 rings (SSSR count). The van der Waals surface area contributed by atoms with Gasteiger partial charge in [-0.1, -0.05) is 18.2 Å². The van der Waals surface area contributed by atoms with Gasteiger partial charge in [-0.15, -0.1) is 0 Å². The zero-order valence-electron chi connectivity index (χ0n) is 18.4. The molecule has 0 heterocycles. The summed E-state index contributed by atoms with van der Waals surface area (Å²) in [7, 11) is -2.42. The molecule has 3 aromatic rings. The molecular formula is C24H25N3O6S. The van der Waals surface area contributed by atoms with Crippen LogP contribution in [0, 0.1) is 0 Å². The van der Waals surface area contributed by atoms with E-state index in [1.807, 2.05) is 0 Å². The normalized spacial score (nSPS) is 10.9. The fourth-order valence-electron chi connectivity index (χ4n) is 3.06. The molecule has 2 amide bonds. The number of benzene rings is 3. The first-order valence-corrected chi connectivity index (χ1v) is 11.9. The van der Waals surface area contributed by atoms with Crippen LogP contribution < -0.4 is 20.1 Å². The Hall–Kier alpha value is -4.05. The minimum atomic E-state index is -3.86. The third kappa shape index (κ3) is 6.48. The number of hydrogen-bond acceptors (Lipinski definition) is 6. The summed E-state index contributed by atoms with van der Waals surface area (Å²) in [5.74, 6) is -0.281. The lowest BCUT2D eigenvalue weighted by Gasteiger charge is -2.12. The first-order valence-electron chi connectivity index (χ1n) is 10.4.